The molecule has 6 heteroatoms. The fraction of sp³-hybridized carbons (Fsp3) is 0.200. The maximum absolute atomic E-state index is 13.3. The van der Waals surface area contributed by atoms with Crippen molar-refractivity contribution in [1.82, 2.24) is 0 Å². The van der Waals surface area contributed by atoms with Crippen LogP contribution >= 0.6 is 0 Å². The van der Waals surface area contributed by atoms with Gasteiger partial charge in [0.05, 0.1) is 17.2 Å². The molecule has 0 unspecified atom stereocenters. The highest BCUT2D eigenvalue weighted by Gasteiger charge is 2.20. The molecule has 2 N–H and O–H groups in total. The number of hydrogen-bond acceptors (Lipinski definition) is 3. The molecule has 0 fully saturated rings. The summed E-state index contributed by atoms with van der Waals surface area (Å²) in [5.74, 6) is -0.673. The number of halogens is 1. The third-order valence-corrected chi connectivity index (χ3v) is 4.57. The molecule has 0 heterocycles. The molecule has 0 amide bonds. The van der Waals surface area contributed by atoms with Crippen LogP contribution in [0.4, 0.5) is 10.1 Å². The van der Waals surface area contributed by atoms with Crippen molar-refractivity contribution in [3.05, 3.63) is 58.9 Å². The average Bonchev–Trinajstić information content (AvgIpc) is 2.42. The number of aryl methyl sites for hydroxylation is 2. The van der Waals surface area contributed by atoms with Gasteiger partial charge in [0.25, 0.3) is 10.0 Å². The van der Waals surface area contributed by atoms with Gasteiger partial charge in [-0.25, -0.2) is 12.8 Å². The lowest BCUT2D eigenvalue weighted by atomic mass is 10.1. The van der Waals surface area contributed by atoms with Crippen LogP contribution < -0.4 is 4.72 Å². The minimum Gasteiger partial charge on any atom is -0.392 e. The Morgan fingerprint density at radius 1 is 1.14 bits per heavy atom. The van der Waals surface area contributed by atoms with E-state index in [0.717, 1.165) is 23.3 Å². The number of aliphatic hydroxyl groups is 1. The van der Waals surface area contributed by atoms with Crippen LogP contribution in [0.1, 0.15) is 16.7 Å². The minimum atomic E-state index is -3.97. The Morgan fingerprint density at radius 3 is 2.52 bits per heavy atom. The van der Waals surface area contributed by atoms with Gasteiger partial charge >= 0.3 is 0 Å². The van der Waals surface area contributed by atoms with E-state index < -0.39 is 22.4 Å². The van der Waals surface area contributed by atoms with Crippen LogP contribution in [0.3, 0.4) is 0 Å². The SMILES string of the molecule is Cc1ccc(C)c(NS(=O)(=O)c2cc(F)ccc2CO)c1. The average molecular weight is 309 g/mol. The van der Waals surface area contributed by atoms with Crippen molar-refractivity contribution in [2.75, 3.05) is 4.72 Å². The van der Waals surface area contributed by atoms with Gasteiger partial charge in [0.15, 0.2) is 0 Å². The summed E-state index contributed by atoms with van der Waals surface area (Å²) in [4.78, 5) is -0.258. The van der Waals surface area contributed by atoms with Gasteiger partial charge in [-0.2, -0.15) is 0 Å². The van der Waals surface area contributed by atoms with Crippen LogP contribution in [0, 0.1) is 19.7 Å². The van der Waals surface area contributed by atoms with Crippen molar-refractivity contribution in [2.45, 2.75) is 25.3 Å². The Labute approximate surface area is 123 Å². The highest BCUT2D eigenvalue weighted by Crippen LogP contribution is 2.23. The second-order valence-electron chi connectivity index (χ2n) is 4.83. The van der Waals surface area contributed by atoms with E-state index in [2.05, 4.69) is 4.72 Å². The largest absolute Gasteiger partial charge is 0.392 e. The third kappa shape index (κ3) is 3.40. The maximum Gasteiger partial charge on any atom is 0.262 e. The molecule has 0 bridgehead atoms. The molecule has 2 aromatic carbocycles. The van der Waals surface area contributed by atoms with E-state index in [-0.39, 0.29) is 10.5 Å². The lowest BCUT2D eigenvalue weighted by Crippen LogP contribution is -2.16. The van der Waals surface area contributed by atoms with Crippen LogP contribution in [0.2, 0.25) is 0 Å². The van der Waals surface area contributed by atoms with E-state index in [9.17, 15) is 17.9 Å². The second kappa shape index (κ2) is 5.83. The molecular weight excluding hydrogens is 293 g/mol. The predicted molar refractivity (Wildman–Crippen MR) is 79.0 cm³/mol. The molecule has 0 radical (unpaired) electrons. The van der Waals surface area contributed by atoms with Gasteiger partial charge in [-0.1, -0.05) is 18.2 Å². The van der Waals surface area contributed by atoms with E-state index in [0.29, 0.717) is 5.69 Å². The quantitative estimate of drug-likeness (QED) is 0.912. The van der Waals surface area contributed by atoms with E-state index in [1.807, 2.05) is 13.0 Å². The van der Waals surface area contributed by atoms with E-state index in [1.54, 1.807) is 19.1 Å². The Morgan fingerprint density at radius 2 is 1.86 bits per heavy atom. The molecule has 0 spiro atoms. The minimum absolute atomic E-state index is 0.147. The Kier molecular flexibility index (Phi) is 4.29. The highest BCUT2D eigenvalue weighted by molar-refractivity contribution is 7.92. The first-order valence-corrected chi connectivity index (χ1v) is 7.81. The predicted octanol–water partition coefficient (Wildman–Crippen LogP) is 2.74. The first-order chi connectivity index (χ1) is 9.83. The van der Waals surface area contributed by atoms with Crippen LogP contribution in [-0.4, -0.2) is 13.5 Å². The molecule has 21 heavy (non-hydrogen) atoms. The van der Waals surface area contributed by atoms with E-state index in [4.69, 9.17) is 0 Å². The Bertz CT molecular complexity index is 772. The monoisotopic (exact) mass is 309 g/mol. The van der Waals surface area contributed by atoms with Crippen molar-refractivity contribution in [3.8, 4) is 0 Å². The van der Waals surface area contributed by atoms with Gasteiger partial charge in [0, 0.05) is 0 Å². The molecule has 4 nitrogen and oxygen atoms in total. The summed E-state index contributed by atoms with van der Waals surface area (Å²) < 4.78 is 40.6. The Hall–Kier alpha value is -1.92. The van der Waals surface area contributed by atoms with Crippen molar-refractivity contribution >= 4 is 15.7 Å². The first-order valence-electron chi connectivity index (χ1n) is 6.33. The first kappa shape index (κ1) is 15.5. The molecule has 0 aliphatic carbocycles. The second-order valence-corrected chi connectivity index (χ2v) is 6.48. The standard InChI is InChI=1S/C15H16FNO3S/c1-10-3-4-11(2)14(7-10)17-21(19,20)15-8-13(16)6-5-12(15)9-18/h3-8,17-18H,9H2,1-2H3. The van der Waals surface area contributed by atoms with Gasteiger partial charge in [-0.05, 0) is 48.7 Å². The summed E-state index contributed by atoms with van der Waals surface area (Å²) in [6.07, 6.45) is 0. The third-order valence-electron chi connectivity index (χ3n) is 3.13. The van der Waals surface area contributed by atoms with Crippen LogP contribution in [0.15, 0.2) is 41.3 Å². The molecule has 0 atom stereocenters. The zero-order valence-corrected chi connectivity index (χ0v) is 12.5. The van der Waals surface area contributed by atoms with Crippen molar-refractivity contribution in [1.29, 1.82) is 0 Å². The number of anilines is 1. The molecule has 0 aliphatic rings. The lowest BCUT2D eigenvalue weighted by Gasteiger charge is -2.13. The summed E-state index contributed by atoms with van der Waals surface area (Å²) >= 11 is 0. The summed E-state index contributed by atoms with van der Waals surface area (Å²) in [5, 5.41) is 9.22. The summed E-state index contributed by atoms with van der Waals surface area (Å²) in [5.41, 5.74) is 2.24. The Balaban J connectivity index is 2.48. The molecule has 2 aromatic rings. The van der Waals surface area contributed by atoms with Gasteiger partial charge in [0.2, 0.25) is 0 Å². The fourth-order valence-corrected chi connectivity index (χ4v) is 3.32. The molecule has 0 aromatic heterocycles. The molecular formula is C15H16FNO3S. The van der Waals surface area contributed by atoms with Crippen LogP contribution in [0.5, 0.6) is 0 Å². The molecule has 112 valence electrons. The summed E-state index contributed by atoms with van der Waals surface area (Å²) in [6.45, 7) is 3.14. The lowest BCUT2D eigenvalue weighted by molar-refractivity contribution is 0.278. The number of aliphatic hydroxyl groups excluding tert-OH is 1. The number of hydrogen-bond donors (Lipinski definition) is 2. The number of nitrogens with one attached hydrogen (secondary N) is 1. The van der Waals surface area contributed by atoms with Gasteiger partial charge in [-0.15, -0.1) is 0 Å². The van der Waals surface area contributed by atoms with Gasteiger partial charge in [-0.3, -0.25) is 4.72 Å². The molecule has 0 aliphatic heterocycles. The zero-order valence-electron chi connectivity index (χ0n) is 11.7. The number of rotatable bonds is 4. The zero-order chi connectivity index (χ0) is 15.6. The van der Waals surface area contributed by atoms with E-state index >= 15 is 0 Å². The highest BCUT2D eigenvalue weighted by atomic mass is 32.2. The summed E-state index contributed by atoms with van der Waals surface area (Å²) in [7, 11) is -3.97. The van der Waals surface area contributed by atoms with E-state index in [1.165, 1.54) is 6.07 Å². The van der Waals surface area contributed by atoms with Crippen LogP contribution in [-0.2, 0) is 16.6 Å². The van der Waals surface area contributed by atoms with Crippen LogP contribution in [0.25, 0.3) is 0 Å². The smallest absolute Gasteiger partial charge is 0.262 e. The normalized spacial score (nSPS) is 11.4. The van der Waals surface area contributed by atoms with Crippen molar-refractivity contribution < 1.29 is 17.9 Å². The maximum atomic E-state index is 13.3. The summed E-state index contributed by atoms with van der Waals surface area (Å²) in [6, 6.07) is 8.64. The fourth-order valence-electron chi connectivity index (χ4n) is 1.95. The topological polar surface area (TPSA) is 66.4 Å². The number of sulfonamides is 1. The van der Waals surface area contributed by atoms with Crippen molar-refractivity contribution in [3.63, 3.8) is 0 Å². The molecule has 2 rings (SSSR count). The molecule has 0 saturated heterocycles. The van der Waals surface area contributed by atoms with Gasteiger partial charge in [0.1, 0.15) is 5.82 Å². The number of benzene rings is 2. The van der Waals surface area contributed by atoms with Gasteiger partial charge < -0.3 is 5.11 Å². The van der Waals surface area contributed by atoms with Crippen molar-refractivity contribution in [2.24, 2.45) is 0 Å². The molecule has 0 saturated carbocycles.